The van der Waals surface area contributed by atoms with Crippen LogP contribution in [0, 0.1) is 0 Å². The summed E-state index contributed by atoms with van der Waals surface area (Å²) in [5.41, 5.74) is 0. The quantitative estimate of drug-likeness (QED) is 0.680. The largest absolute Gasteiger partial charge is 0.342 e. The molecule has 6 nitrogen and oxygen atoms in total. The zero-order chi connectivity index (χ0) is 9.97. The lowest BCUT2D eigenvalue weighted by Gasteiger charge is -2.30. The van der Waals surface area contributed by atoms with Crippen molar-refractivity contribution in [3.8, 4) is 0 Å². The Balaban J connectivity index is 2.04. The molecule has 2 rings (SSSR count). The first kappa shape index (κ1) is 9.11. The Hall–Kier alpha value is -1.46. The van der Waals surface area contributed by atoms with Gasteiger partial charge in [-0.25, -0.2) is 0 Å². The van der Waals surface area contributed by atoms with Gasteiger partial charge in [0.25, 0.3) is 0 Å². The molecule has 0 spiro atoms. The molecular weight excluding hydrogens is 182 g/mol. The van der Waals surface area contributed by atoms with Crippen LogP contribution in [0.4, 0.5) is 0 Å². The Bertz CT molecular complexity index is 310. The number of piperidine rings is 1. The first-order valence-electron chi connectivity index (χ1n) is 4.76. The van der Waals surface area contributed by atoms with Crippen LogP contribution >= 0.6 is 0 Å². The number of aromatic nitrogens is 4. The number of rotatable bonds is 1. The van der Waals surface area contributed by atoms with E-state index in [2.05, 4.69) is 20.6 Å². The molecule has 1 aliphatic heterocycles. The Morgan fingerprint density at radius 1 is 1.64 bits per heavy atom. The molecule has 1 aromatic heterocycles. The number of likely N-dealkylation sites (tertiary alicyclic amines) is 1. The van der Waals surface area contributed by atoms with Crippen LogP contribution in [-0.4, -0.2) is 44.5 Å². The van der Waals surface area contributed by atoms with Crippen LogP contribution < -0.4 is 0 Å². The maximum atomic E-state index is 11.2. The van der Waals surface area contributed by atoms with Gasteiger partial charge >= 0.3 is 0 Å². The van der Waals surface area contributed by atoms with Gasteiger partial charge in [-0.15, -0.1) is 10.2 Å². The third kappa shape index (κ3) is 1.73. The molecular formula is C8H13N5O. The van der Waals surface area contributed by atoms with Crippen LogP contribution in [0.5, 0.6) is 0 Å². The molecule has 76 valence electrons. The number of carbonyl (C=O) groups excluding carboxylic acids is 1. The minimum atomic E-state index is 0.123. The number of amides is 1. The monoisotopic (exact) mass is 195 g/mol. The van der Waals surface area contributed by atoms with Gasteiger partial charge in [-0.2, -0.15) is 5.21 Å². The number of tetrazole rings is 1. The molecule has 1 amide bonds. The van der Waals surface area contributed by atoms with Crippen LogP contribution in [0.1, 0.15) is 31.5 Å². The van der Waals surface area contributed by atoms with Crippen molar-refractivity contribution in [3.63, 3.8) is 0 Å². The van der Waals surface area contributed by atoms with Crippen LogP contribution in [0.2, 0.25) is 0 Å². The van der Waals surface area contributed by atoms with Crippen molar-refractivity contribution in [2.75, 3.05) is 13.1 Å². The highest BCUT2D eigenvalue weighted by molar-refractivity contribution is 5.73. The molecule has 6 heteroatoms. The van der Waals surface area contributed by atoms with Crippen LogP contribution in [-0.2, 0) is 4.79 Å². The number of nitrogens with zero attached hydrogens (tertiary/aromatic N) is 4. The van der Waals surface area contributed by atoms with E-state index in [1.807, 2.05) is 4.90 Å². The summed E-state index contributed by atoms with van der Waals surface area (Å²) in [4.78, 5) is 13.0. The molecule has 0 aliphatic carbocycles. The highest BCUT2D eigenvalue weighted by Crippen LogP contribution is 2.23. The Labute approximate surface area is 81.7 Å². The molecule has 1 unspecified atom stereocenters. The average molecular weight is 195 g/mol. The highest BCUT2D eigenvalue weighted by Gasteiger charge is 2.25. The fourth-order valence-corrected chi connectivity index (χ4v) is 1.82. The molecule has 1 aliphatic rings. The smallest absolute Gasteiger partial charge is 0.219 e. The molecule has 0 aromatic carbocycles. The number of nitrogens with one attached hydrogen (secondary N) is 1. The van der Waals surface area contributed by atoms with E-state index in [1.165, 1.54) is 0 Å². The van der Waals surface area contributed by atoms with E-state index in [9.17, 15) is 4.79 Å². The summed E-state index contributed by atoms with van der Waals surface area (Å²) < 4.78 is 0. The van der Waals surface area contributed by atoms with E-state index in [0.29, 0.717) is 0 Å². The second-order valence-corrected chi connectivity index (χ2v) is 3.57. The highest BCUT2D eigenvalue weighted by atomic mass is 16.2. The molecule has 1 aromatic rings. The first-order chi connectivity index (χ1) is 6.77. The van der Waals surface area contributed by atoms with Crippen molar-refractivity contribution in [1.29, 1.82) is 0 Å². The van der Waals surface area contributed by atoms with Crippen molar-refractivity contribution in [2.24, 2.45) is 0 Å². The van der Waals surface area contributed by atoms with Gasteiger partial charge in [0.1, 0.15) is 0 Å². The van der Waals surface area contributed by atoms with E-state index < -0.39 is 0 Å². The number of aromatic amines is 1. The number of H-pyrrole nitrogens is 1. The lowest BCUT2D eigenvalue weighted by molar-refractivity contribution is -0.130. The molecule has 1 N–H and O–H groups in total. The summed E-state index contributed by atoms with van der Waals surface area (Å²) in [7, 11) is 0. The van der Waals surface area contributed by atoms with Gasteiger partial charge in [0.15, 0.2) is 5.82 Å². The van der Waals surface area contributed by atoms with E-state index in [1.54, 1.807) is 6.92 Å². The van der Waals surface area contributed by atoms with Gasteiger partial charge in [-0.1, -0.05) is 5.21 Å². The van der Waals surface area contributed by atoms with Gasteiger partial charge in [0, 0.05) is 25.9 Å². The maximum Gasteiger partial charge on any atom is 0.219 e. The van der Waals surface area contributed by atoms with Crippen LogP contribution in [0.25, 0.3) is 0 Å². The molecule has 1 atom stereocenters. The van der Waals surface area contributed by atoms with Gasteiger partial charge in [-0.05, 0) is 12.8 Å². The van der Waals surface area contributed by atoms with E-state index in [-0.39, 0.29) is 11.8 Å². The van der Waals surface area contributed by atoms with Gasteiger partial charge in [0.05, 0.1) is 0 Å². The topological polar surface area (TPSA) is 74.8 Å². The van der Waals surface area contributed by atoms with Crippen LogP contribution in [0.3, 0.4) is 0 Å². The number of carbonyl (C=O) groups is 1. The second-order valence-electron chi connectivity index (χ2n) is 3.57. The normalized spacial score (nSPS) is 22.4. The Morgan fingerprint density at radius 3 is 3.14 bits per heavy atom. The minimum absolute atomic E-state index is 0.123. The van der Waals surface area contributed by atoms with E-state index >= 15 is 0 Å². The molecule has 1 saturated heterocycles. The van der Waals surface area contributed by atoms with Gasteiger partial charge in [0.2, 0.25) is 5.91 Å². The Kier molecular flexibility index (Phi) is 2.43. The lowest BCUT2D eigenvalue weighted by Crippen LogP contribution is -2.37. The third-order valence-corrected chi connectivity index (χ3v) is 2.59. The maximum absolute atomic E-state index is 11.2. The van der Waals surface area contributed by atoms with Gasteiger partial charge in [-0.3, -0.25) is 4.79 Å². The third-order valence-electron chi connectivity index (χ3n) is 2.59. The predicted octanol–water partition coefficient (Wildman–Crippen LogP) is -0.0744. The summed E-state index contributed by atoms with van der Waals surface area (Å²) >= 11 is 0. The second kappa shape index (κ2) is 3.73. The lowest BCUT2D eigenvalue weighted by atomic mass is 9.97. The Morgan fingerprint density at radius 2 is 2.50 bits per heavy atom. The summed E-state index contributed by atoms with van der Waals surface area (Å²) in [5.74, 6) is 1.08. The van der Waals surface area contributed by atoms with E-state index in [4.69, 9.17) is 0 Å². The summed E-state index contributed by atoms with van der Waals surface area (Å²) in [6, 6.07) is 0. The van der Waals surface area contributed by atoms with Crippen molar-refractivity contribution in [1.82, 2.24) is 25.5 Å². The number of hydrogen-bond acceptors (Lipinski definition) is 4. The fraction of sp³-hybridized carbons (Fsp3) is 0.750. The molecule has 0 radical (unpaired) electrons. The van der Waals surface area contributed by atoms with Crippen molar-refractivity contribution >= 4 is 5.91 Å². The fourth-order valence-electron chi connectivity index (χ4n) is 1.82. The van der Waals surface area contributed by atoms with Crippen LogP contribution in [0.15, 0.2) is 0 Å². The standard InChI is InChI=1S/C8H13N5O/c1-6(14)13-4-2-3-7(5-13)8-9-11-12-10-8/h7H,2-5H2,1H3,(H,9,10,11,12). The first-order valence-corrected chi connectivity index (χ1v) is 4.76. The average Bonchev–Trinajstić information content (AvgIpc) is 2.71. The van der Waals surface area contributed by atoms with Crippen molar-refractivity contribution in [2.45, 2.75) is 25.7 Å². The SMILES string of the molecule is CC(=O)N1CCCC(c2nn[nH]n2)C1. The summed E-state index contributed by atoms with van der Waals surface area (Å²) in [5, 5.41) is 13.9. The van der Waals surface area contributed by atoms with Crippen molar-refractivity contribution in [3.05, 3.63) is 5.82 Å². The summed E-state index contributed by atoms with van der Waals surface area (Å²) in [6.45, 7) is 3.16. The van der Waals surface area contributed by atoms with Gasteiger partial charge < -0.3 is 4.90 Å². The predicted molar refractivity (Wildman–Crippen MR) is 48.4 cm³/mol. The molecule has 14 heavy (non-hydrogen) atoms. The molecule has 0 bridgehead atoms. The molecule has 0 saturated carbocycles. The molecule has 1 fully saturated rings. The number of hydrogen-bond donors (Lipinski definition) is 1. The molecule has 2 heterocycles. The summed E-state index contributed by atoms with van der Waals surface area (Å²) in [6.07, 6.45) is 2.04. The van der Waals surface area contributed by atoms with E-state index in [0.717, 1.165) is 31.8 Å². The zero-order valence-electron chi connectivity index (χ0n) is 8.10. The van der Waals surface area contributed by atoms with Crippen molar-refractivity contribution < 1.29 is 4.79 Å². The minimum Gasteiger partial charge on any atom is -0.342 e. The zero-order valence-corrected chi connectivity index (χ0v) is 8.10.